The van der Waals surface area contributed by atoms with Crippen LogP contribution >= 0.6 is 11.8 Å². The monoisotopic (exact) mass is 532 g/mol. The molecule has 7 nitrogen and oxygen atoms in total. The molecule has 198 valence electrons. The maximum atomic E-state index is 12.8. The molecular weight excluding hydrogens is 497 g/mol. The molecule has 0 unspecified atom stereocenters. The average molecular weight is 533 g/mol. The van der Waals surface area contributed by atoms with E-state index in [1.807, 2.05) is 6.92 Å². The summed E-state index contributed by atoms with van der Waals surface area (Å²) in [5.74, 6) is -1.56. The summed E-state index contributed by atoms with van der Waals surface area (Å²) in [5.41, 5.74) is -5.60. The molecule has 0 spiro atoms. The van der Waals surface area contributed by atoms with Gasteiger partial charge < -0.3 is 19.5 Å². The van der Waals surface area contributed by atoms with Crippen molar-refractivity contribution in [3.8, 4) is 0 Å². The van der Waals surface area contributed by atoms with Crippen LogP contribution in [0.1, 0.15) is 71.6 Å². The summed E-state index contributed by atoms with van der Waals surface area (Å²) >= 11 is 1.07. The van der Waals surface area contributed by atoms with Crippen LogP contribution in [0, 0.1) is 11.8 Å². The van der Waals surface area contributed by atoms with Gasteiger partial charge in [-0.3, -0.25) is 4.79 Å². The second-order valence-corrected chi connectivity index (χ2v) is 11.2. The lowest BCUT2D eigenvalue weighted by Crippen LogP contribution is -2.25. The Bertz CT molecular complexity index is 810. The van der Waals surface area contributed by atoms with Gasteiger partial charge in [-0.05, 0) is 30.9 Å². The normalized spacial score (nSPS) is 21.3. The Morgan fingerprint density at radius 3 is 2.53 bits per heavy atom. The highest BCUT2D eigenvalue weighted by molar-refractivity contribution is 8.03. The largest absolute Gasteiger partial charge is 0.534 e. The summed E-state index contributed by atoms with van der Waals surface area (Å²) in [6, 6.07) is 0. The SMILES string of the molecule is CCCC[C@@H](C)C[C@H](O)C=C[C@@H]1C(SCCCCCC(=O)O)=C(OS(=O)(=O)C(F)(F)F)C[C@H]1O. The Hall–Kier alpha value is -1.24. The van der Waals surface area contributed by atoms with Gasteiger partial charge in [0, 0.05) is 23.7 Å². The summed E-state index contributed by atoms with van der Waals surface area (Å²) in [6.45, 7) is 4.08. The second-order valence-electron chi connectivity index (χ2n) is 8.56. The number of unbranched alkanes of at least 4 members (excludes halogenated alkanes) is 3. The Balaban J connectivity index is 2.95. The molecule has 0 aromatic heterocycles. The van der Waals surface area contributed by atoms with Crippen molar-refractivity contribution in [1.29, 1.82) is 0 Å². The average Bonchev–Trinajstić information content (AvgIpc) is 2.99. The van der Waals surface area contributed by atoms with E-state index in [2.05, 4.69) is 11.1 Å². The molecule has 0 aromatic rings. The maximum Gasteiger partial charge on any atom is 0.534 e. The number of rotatable bonds is 16. The molecule has 0 heterocycles. The summed E-state index contributed by atoms with van der Waals surface area (Å²) < 4.78 is 65.9. The Morgan fingerprint density at radius 1 is 1.26 bits per heavy atom. The Kier molecular flexibility index (Phi) is 13.0. The molecule has 0 saturated heterocycles. The van der Waals surface area contributed by atoms with Crippen LogP contribution in [0.2, 0.25) is 0 Å². The number of thioether (sulfide) groups is 1. The Morgan fingerprint density at radius 2 is 1.94 bits per heavy atom. The maximum absolute atomic E-state index is 12.8. The van der Waals surface area contributed by atoms with Gasteiger partial charge in [-0.25, -0.2) is 0 Å². The minimum absolute atomic E-state index is 0.00416. The second kappa shape index (κ2) is 14.4. The van der Waals surface area contributed by atoms with E-state index in [0.29, 0.717) is 31.4 Å². The molecule has 0 bridgehead atoms. The van der Waals surface area contributed by atoms with Crippen molar-refractivity contribution in [2.24, 2.45) is 11.8 Å². The van der Waals surface area contributed by atoms with E-state index in [1.54, 1.807) is 0 Å². The summed E-state index contributed by atoms with van der Waals surface area (Å²) in [7, 11) is -5.89. The minimum Gasteiger partial charge on any atom is -0.481 e. The molecule has 4 atom stereocenters. The first-order chi connectivity index (χ1) is 15.8. The van der Waals surface area contributed by atoms with Crippen LogP contribution in [0.3, 0.4) is 0 Å². The van der Waals surface area contributed by atoms with Crippen LogP contribution in [0.4, 0.5) is 13.2 Å². The number of alkyl halides is 3. The van der Waals surface area contributed by atoms with Gasteiger partial charge in [0.15, 0.2) is 0 Å². The van der Waals surface area contributed by atoms with Gasteiger partial charge >= 0.3 is 21.6 Å². The lowest BCUT2D eigenvalue weighted by molar-refractivity contribution is -0.137. The molecule has 0 fully saturated rings. The topological polar surface area (TPSA) is 121 Å². The zero-order chi connectivity index (χ0) is 25.9. The van der Waals surface area contributed by atoms with Crippen molar-refractivity contribution < 1.29 is 45.9 Å². The summed E-state index contributed by atoms with van der Waals surface area (Å²) in [4.78, 5) is 10.8. The quantitative estimate of drug-likeness (QED) is 0.110. The number of aliphatic carboxylic acids is 1. The Labute approximate surface area is 203 Å². The summed E-state index contributed by atoms with van der Waals surface area (Å²) in [5, 5.41) is 29.4. The van der Waals surface area contributed by atoms with Crippen molar-refractivity contribution in [1.82, 2.24) is 0 Å². The lowest BCUT2D eigenvalue weighted by Gasteiger charge is -2.17. The minimum atomic E-state index is -5.89. The highest BCUT2D eigenvalue weighted by atomic mass is 32.2. The van der Waals surface area contributed by atoms with Crippen molar-refractivity contribution in [2.75, 3.05) is 5.75 Å². The predicted molar refractivity (Wildman–Crippen MR) is 124 cm³/mol. The van der Waals surface area contributed by atoms with Crippen LogP contribution in [0.15, 0.2) is 22.8 Å². The van der Waals surface area contributed by atoms with Crippen molar-refractivity contribution in [2.45, 2.75) is 89.4 Å². The molecular formula is C22H35F3O7S2. The first-order valence-electron chi connectivity index (χ1n) is 11.4. The molecule has 0 aromatic carbocycles. The molecule has 1 aliphatic rings. The van der Waals surface area contributed by atoms with Crippen LogP contribution in [-0.2, 0) is 19.1 Å². The van der Waals surface area contributed by atoms with E-state index in [1.165, 1.54) is 12.2 Å². The van der Waals surface area contributed by atoms with Gasteiger partial charge in [-0.1, -0.05) is 51.7 Å². The number of halogens is 3. The van der Waals surface area contributed by atoms with Gasteiger partial charge in [0.1, 0.15) is 5.76 Å². The van der Waals surface area contributed by atoms with E-state index < -0.39 is 51.9 Å². The fourth-order valence-electron chi connectivity index (χ4n) is 3.57. The molecule has 1 aliphatic carbocycles. The lowest BCUT2D eigenvalue weighted by atomic mass is 9.96. The van der Waals surface area contributed by atoms with Gasteiger partial charge in [0.05, 0.1) is 12.2 Å². The fraction of sp³-hybridized carbons (Fsp3) is 0.773. The van der Waals surface area contributed by atoms with E-state index >= 15 is 0 Å². The van der Waals surface area contributed by atoms with E-state index in [0.717, 1.165) is 31.0 Å². The number of aliphatic hydroxyl groups is 2. The van der Waals surface area contributed by atoms with Crippen molar-refractivity contribution >= 4 is 27.8 Å². The first-order valence-corrected chi connectivity index (χ1v) is 13.8. The van der Waals surface area contributed by atoms with Crippen LogP contribution in [0.5, 0.6) is 0 Å². The standard InChI is InChI=1S/C22H35F3O7S2/c1-3-4-8-15(2)13-16(26)10-11-17-18(27)14-19(32-34(30,31)22(23,24)25)21(17)33-12-7-5-6-9-20(28)29/h10-11,15-18,26-27H,3-9,12-14H2,1-2H3,(H,28,29)/t15-,16-,17+,18-/m1/s1. The van der Waals surface area contributed by atoms with Crippen LogP contribution in [0.25, 0.3) is 0 Å². The molecule has 0 radical (unpaired) electrons. The number of aliphatic hydroxyl groups excluding tert-OH is 2. The van der Waals surface area contributed by atoms with Gasteiger partial charge in [-0.15, -0.1) is 11.8 Å². The molecule has 12 heteroatoms. The highest BCUT2D eigenvalue weighted by Crippen LogP contribution is 2.43. The number of hydrogen-bond donors (Lipinski definition) is 3. The zero-order valence-electron chi connectivity index (χ0n) is 19.5. The number of carboxylic acid groups (broad SMARTS) is 1. The van der Waals surface area contributed by atoms with E-state index in [4.69, 9.17) is 5.11 Å². The highest BCUT2D eigenvalue weighted by Gasteiger charge is 2.50. The summed E-state index contributed by atoms with van der Waals surface area (Å²) in [6.07, 6.45) is 5.61. The molecule has 34 heavy (non-hydrogen) atoms. The van der Waals surface area contributed by atoms with Gasteiger partial charge in [-0.2, -0.15) is 21.6 Å². The van der Waals surface area contributed by atoms with E-state index in [9.17, 15) is 36.6 Å². The zero-order valence-corrected chi connectivity index (χ0v) is 21.1. The molecule has 0 amide bonds. The van der Waals surface area contributed by atoms with Crippen molar-refractivity contribution in [3.63, 3.8) is 0 Å². The smallest absolute Gasteiger partial charge is 0.481 e. The van der Waals surface area contributed by atoms with Crippen LogP contribution < -0.4 is 0 Å². The van der Waals surface area contributed by atoms with Crippen LogP contribution in [-0.4, -0.2) is 53.2 Å². The number of hydrogen-bond acceptors (Lipinski definition) is 7. The number of carbonyl (C=O) groups is 1. The number of carboxylic acids is 1. The van der Waals surface area contributed by atoms with Gasteiger partial charge in [0.2, 0.25) is 0 Å². The fourth-order valence-corrected chi connectivity index (χ4v) is 5.42. The third kappa shape index (κ3) is 10.6. The molecule has 3 N–H and O–H groups in total. The van der Waals surface area contributed by atoms with Gasteiger partial charge in [0.25, 0.3) is 0 Å². The molecule has 1 rings (SSSR count). The third-order valence-corrected chi connectivity index (χ3v) is 7.70. The van der Waals surface area contributed by atoms with Crippen molar-refractivity contribution in [3.05, 3.63) is 22.8 Å². The molecule has 0 aliphatic heterocycles. The van der Waals surface area contributed by atoms with E-state index in [-0.39, 0.29) is 17.2 Å². The molecule has 0 saturated carbocycles. The first kappa shape index (κ1) is 30.8. The predicted octanol–water partition coefficient (Wildman–Crippen LogP) is 4.96. The third-order valence-electron chi connectivity index (χ3n) is 5.41.